The van der Waals surface area contributed by atoms with E-state index >= 15 is 0 Å². The Labute approximate surface area is 223 Å². The number of ether oxygens (including phenoxy) is 1. The summed E-state index contributed by atoms with van der Waals surface area (Å²) in [5, 5.41) is 18.6. The molecule has 1 amide bonds. The fraction of sp³-hybridized carbons (Fsp3) is 0.654. The minimum atomic E-state index is -3.39. The maximum Gasteiger partial charge on any atom is 0.304 e. The van der Waals surface area contributed by atoms with Crippen molar-refractivity contribution in [2.45, 2.75) is 89.8 Å². The molecule has 0 bridgehead atoms. The third-order valence-electron chi connectivity index (χ3n) is 7.60. The molecule has 12 heteroatoms. The second-order valence-electron chi connectivity index (χ2n) is 11.0. The average molecular weight is 559 g/mol. The molecule has 1 aliphatic carbocycles. The van der Waals surface area contributed by atoms with E-state index in [-0.39, 0.29) is 28.6 Å². The standard InChI is InChI=1S/C26H34F4N4O3S/c1-14(25(2,3)36)34-19-11-15(24(35)32-26(4)7-9-38-10-8-26)5-6-16(19)21(33-34)17-12-20(31-13-18(17)27)37-23(30)22(28)29/h12-15,22-23,36H,5-11H2,1-4H3,(H,32,35). The van der Waals surface area contributed by atoms with E-state index < -0.39 is 36.1 Å². The number of carbonyl (C=O) groups excluding carboxylic acids is 1. The van der Waals surface area contributed by atoms with Crippen molar-refractivity contribution in [2.24, 2.45) is 5.92 Å². The first-order chi connectivity index (χ1) is 17.8. The first-order valence-electron chi connectivity index (χ1n) is 12.8. The molecule has 2 aromatic rings. The van der Waals surface area contributed by atoms with E-state index in [9.17, 15) is 27.5 Å². The van der Waals surface area contributed by atoms with E-state index in [1.54, 1.807) is 25.5 Å². The first kappa shape index (κ1) is 28.7. The van der Waals surface area contributed by atoms with Gasteiger partial charge in [-0.1, -0.05) is 0 Å². The highest BCUT2D eigenvalue weighted by molar-refractivity contribution is 7.99. The number of aliphatic hydroxyl groups is 1. The van der Waals surface area contributed by atoms with Crippen LogP contribution in [0.4, 0.5) is 17.6 Å². The number of aromatic nitrogens is 3. The Balaban J connectivity index is 1.69. The van der Waals surface area contributed by atoms with Crippen LogP contribution in [0.5, 0.6) is 5.88 Å². The zero-order valence-electron chi connectivity index (χ0n) is 21.9. The van der Waals surface area contributed by atoms with Gasteiger partial charge in [0, 0.05) is 40.8 Å². The predicted octanol–water partition coefficient (Wildman–Crippen LogP) is 4.86. The number of rotatable bonds is 8. The average Bonchev–Trinajstić information content (AvgIpc) is 3.22. The number of amides is 1. The van der Waals surface area contributed by atoms with Gasteiger partial charge in [-0.3, -0.25) is 9.48 Å². The number of hydrogen-bond donors (Lipinski definition) is 2. The van der Waals surface area contributed by atoms with Crippen molar-refractivity contribution >= 4 is 17.7 Å². The molecule has 2 N–H and O–H groups in total. The van der Waals surface area contributed by atoms with Crippen molar-refractivity contribution in [1.29, 1.82) is 0 Å². The highest BCUT2D eigenvalue weighted by Crippen LogP contribution is 2.39. The molecule has 0 aromatic carbocycles. The lowest BCUT2D eigenvalue weighted by molar-refractivity contribution is -0.127. The molecule has 7 nitrogen and oxygen atoms in total. The van der Waals surface area contributed by atoms with Crippen LogP contribution in [-0.2, 0) is 17.6 Å². The van der Waals surface area contributed by atoms with Crippen LogP contribution in [0, 0.1) is 11.7 Å². The molecule has 0 radical (unpaired) electrons. The van der Waals surface area contributed by atoms with E-state index in [0.29, 0.717) is 30.5 Å². The predicted molar refractivity (Wildman–Crippen MR) is 137 cm³/mol. The Hall–Kier alpha value is -2.34. The zero-order valence-corrected chi connectivity index (χ0v) is 22.8. The molecule has 3 atom stereocenters. The minimum absolute atomic E-state index is 0.0398. The number of thioether (sulfide) groups is 1. The van der Waals surface area contributed by atoms with Gasteiger partial charge in [-0.15, -0.1) is 0 Å². The molecule has 0 saturated carbocycles. The van der Waals surface area contributed by atoms with Gasteiger partial charge in [-0.05, 0) is 64.9 Å². The van der Waals surface area contributed by atoms with E-state index in [1.807, 2.05) is 11.8 Å². The van der Waals surface area contributed by atoms with Crippen molar-refractivity contribution in [3.8, 4) is 17.1 Å². The third-order valence-corrected chi connectivity index (χ3v) is 8.58. The molecular formula is C26H34F4N4O3S. The number of halogens is 4. The van der Waals surface area contributed by atoms with Gasteiger partial charge in [-0.25, -0.2) is 18.2 Å². The summed E-state index contributed by atoms with van der Waals surface area (Å²) in [7, 11) is 0. The highest BCUT2D eigenvalue weighted by atomic mass is 32.2. The summed E-state index contributed by atoms with van der Waals surface area (Å²) in [6.07, 6.45) is -2.47. The number of hydrogen-bond acceptors (Lipinski definition) is 6. The minimum Gasteiger partial charge on any atom is -0.437 e. The van der Waals surface area contributed by atoms with Crippen LogP contribution in [0.3, 0.4) is 0 Å². The monoisotopic (exact) mass is 558 g/mol. The third kappa shape index (κ3) is 6.11. The second kappa shape index (κ2) is 11.0. The fourth-order valence-corrected chi connectivity index (χ4v) is 6.27. The van der Waals surface area contributed by atoms with Crippen LogP contribution < -0.4 is 10.1 Å². The molecule has 38 heavy (non-hydrogen) atoms. The Kier molecular flexibility index (Phi) is 8.32. The molecule has 1 fully saturated rings. The zero-order chi connectivity index (χ0) is 27.8. The van der Waals surface area contributed by atoms with Crippen LogP contribution >= 0.6 is 11.8 Å². The van der Waals surface area contributed by atoms with Gasteiger partial charge in [-0.2, -0.15) is 21.3 Å². The lowest BCUT2D eigenvalue weighted by Crippen LogP contribution is -2.51. The molecule has 2 aliphatic rings. The van der Waals surface area contributed by atoms with E-state index in [1.165, 1.54) is 0 Å². The van der Waals surface area contributed by atoms with Crippen LogP contribution in [-0.4, -0.2) is 61.2 Å². The molecule has 3 heterocycles. The van der Waals surface area contributed by atoms with Crippen LogP contribution in [0.2, 0.25) is 0 Å². The summed E-state index contributed by atoms with van der Waals surface area (Å²) in [6.45, 7) is 7.10. The van der Waals surface area contributed by atoms with E-state index in [2.05, 4.69) is 27.1 Å². The number of fused-ring (bicyclic) bond motifs is 1. The maximum absolute atomic E-state index is 14.9. The molecule has 4 rings (SSSR count). The van der Waals surface area contributed by atoms with Crippen LogP contribution in [0.1, 0.15) is 64.3 Å². The van der Waals surface area contributed by atoms with Crippen LogP contribution in [0.25, 0.3) is 11.3 Å². The summed E-state index contributed by atoms with van der Waals surface area (Å²) in [5.74, 6) is 0.340. The lowest BCUT2D eigenvalue weighted by atomic mass is 9.83. The van der Waals surface area contributed by atoms with Gasteiger partial charge >= 0.3 is 6.43 Å². The normalized spacial score (nSPS) is 21.1. The summed E-state index contributed by atoms with van der Waals surface area (Å²) in [6, 6.07) is 0.515. The molecular weight excluding hydrogens is 524 g/mol. The molecule has 0 spiro atoms. The second-order valence-corrected chi connectivity index (χ2v) is 12.2. The first-order valence-corrected chi connectivity index (χ1v) is 13.9. The smallest absolute Gasteiger partial charge is 0.304 e. The Morgan fingerprint density at radius 3 is 2.63 bits per heavy atom. The number of carbonyl (C=O) groups is 1. The summed E-state index contributed by atoms with van der Waals surface area (Å²) < 4.78 is 59.9. The largest absolute Gasteiger partial charge is 0.437 e. The van der Waals surface area contributed by atoms with Crippen molar-refractivity contribution in [2.75, 3.05) is 11.5 Å². The van der Waals surface area contributed by atoms with E-state index in [4.69, 9.17) is 0 Å². The summed E-state index contributed by atoms with van der Waals surface area (Å²) in [5.41, 5.74) is 0.0842. The molecule has 210 valence electrons. The van der Waals surface area contributed by atoms with Gasteiger partial charge in [0.1, 0.15) is 0 Å². The number of pyridine rings is 1. The number of nitrogens with one attached hydrogen (secondary N) is 1. The van der Waals surface area contributed by atoms with Crippen molar-refractivity contribution in [1.82, 2.24) is 20.1 Å². The van der Waals surface area contributed by atoms with Crippen LogP contribution in [0.15, 0.2) is 12.3 Å². The topological polar surface area (TPSA) is 89.3 Å². The molecule has 3 unspecified atom stereocenters. The highest BCUT2D eigenvalue weighted by Gasteiger charge is 2.37. The van der Waals surface area contributed by atoms with Crippen molar-refractivity contribution < 1.29 is 32.2 Å². The fourth-order valence-electron chi connectivity index (χ4n) is 4.88. The summed E-state index contributed by atoms with van der Waals surface area (Å²) >= 11 is 1.88. The van der Waals surface area contributed by atoms with Gasteiger partial charge in [0.25, 0.3) is 6.36 Å². The lowest BCUT2D eigenvalue weighted by Gasteiger charge is -2.36. The Morgan fingerprint density at radius 1 is 1.32 bits per heavy atom. The quantitative estimate of drug-likeness (QED) is 0.450. The van der Waals surface area contributed by atoms with Gasteiger partial charge in [0.15, 0.2) is 5.82 Å². The summed E-state index contributed by atoms with van der Waals surface area (Å²) in [4.78, 5) is 16.9. The Bertz CT molecular complexity index is 1160. The Morgan fingerprint density at radius 2 is 2.00 bits per heavy atom. The maximum atomic E-state index is 14.9. The number of alkyl halides is 3. The van der Waals surface area contributed by atoms with Gasteiger partial charge in [0.2, 0.25) is 11.8 Å². The van der Waals surface area contributed by atoms with Crippen molar-refractivity contribution in [3.63, 3.8) is 0 Å². The molecule has 2 aromatic heterocycles. The van der Waals surface area contributed by atoms with Crippen molar-refractivity contribution in [3.05, 3.63) is 29.3 Å². The van der Waals surface area contributed by atoms with Gasteiger partial charge in [0.05, 0.1) is 23.5 Å². The van der Waals surface area contributed by atoms with Gasteiger partial charge < -0.3 is 15.2 Å². The molecule has 1 saturated heterocycles. The SMILES string of the molecule is CC(n1nc(-c2cc(OC(F)C(F)F)ncc2F)c2c1CC(C(=O)NC1(C)CCSCC1)CC2)C(C)(C)O. The number of nitrogens with zero attached hydrogens (tertiary/aromatic N) is 3. The molecule has 1 aliphatic heterocycles. The van der Waals surface area contributed by atoms with E-state index in [0.717, 1.165) is 36.6 Å².